The fourth-order valence-corrected chi connectivity index (χ4v) is 2.39. The second-order valence-corrected chi connectivity index (χ2v) is 6.22. The van der Waals surface area contributed by atoms with E-state index in [-0.39, 0.29) is 12.1 Å². The molecule has 0 spiro atoms. The number of benzene rings is 1. The minimum atomic E-state index is -0.111. The average Bonchev–Trinajstić information content (AvgIpc) is 3.06. The van der Waals surface area contributed by atoms with Gasteiger partial charge in [-0.2, -0.15) is 0 Å². The highest BCUT2D eigenvalue weighted by Crippen LogP contribution is 2.15. The second kappa shape index (κ2) is 8.36. The summed E-state index contributed by atoms with van der Waals surface area (Å²) in [4.78, 5) is 15.9. The van der Waals surface area contributed by atoms with E-state index in [4.69, 9.17) is 0 Å². The molecular formula is C18H26N4O. The lowest BCUT2D eigenvalue weighted by atomic mass is 10.1. The van der Waals surface area contributed by atoms with Gasteiger partial charge in [-0.25, -0.2) is 9.78 Å². The minimum Gasteiger partial charge on any atom is -0.338 e. The van der Waals surface area contributed by atoms with Crippen LogP contribution in [-0.2, 0) is 0 Å². The van der Waals surface area contributed by atoms with E-state index in [1.54, 1.807) is 12.5 Å². The summed E-state index contributed by atoms with van der Waals surface area (Å²) in [6.07, 6.45) is 7.56. The van der Waals surface area contributed by atoms with Crippen molar-refractivity contribution in [2.45, 2.75) is 39.7 Å². The van der Waals surface area contributed by atoms with Crippen molar-refractivity contribution in [1.82, 2.24) is 20.2 Å². The number of nitrogens with zero attached hydrogens (tertiary/aromatic N) is 2. The summed E-state index contributed by atoms with van der Waals surface area (Å²) in [5, 5.41) is 5.88. The molecule has 23 heavy (non-hydrogen) atoms. The SMILES string of the molecule is CC(C)CCCNC(=O)N[C@@H](C)c1ccc(-n2ccnc2)cc1. The largest absolute Gasteiger partial charge is 0.338 e. The summed E-state index contributed by atoms with van der Waals surface area (Å²) >= 11 is 0. The number of carbonyl (C=O) groups is 1. The number of amides is 2. The van der Waals surface area contributed by atoms with Crippen LogP contribution >= 0.6 is 0 Å². The van der Waals surface area contributed by atoms with Gasteiger partial charge in [0, 0.05) is 24.6 Å². The first-order valence-electron chi connectivity index (χ1n) is 8.19. The molecule has 0 aliphatic heterocycles. The summed E-state index contributed by atoms with van der Waals surface area (Å²) in [5.41, 5.74) is 2.13. The molecule has 0 fully saturated rings. The van der Waals surface area contributed by atoms with Crippen molar-refractivity contribution in [3.8, 4) is 5.69 Å². The van der Waals surface area contributed by atoms with Crippen LogP contribution in [0.15, 0.2) is 43.0 Å². The lowest BCUT2D eigenvalue weighted by molar-refractivity contribution is 0.237. The van der Waals surface area contributed by atoms with Crippen LogP contribution in [0, 0.1) is 5.92 Å². The zero-order valence-electron chi connectivity index (χ0n) is 14.1. The summed E-state index contributed by atoms with van der Waals surface area (Å²) in [7, 11) is 0. The summed E-state index contributed by atoms with van der Waals surface area (Å²) in [6.45, 7) is 7.08. The van der Waals surface area contributed by atoms with Crippen LogP contribution < -0.4 is 10.6 Å². The maximum atomic E-state index is 11.9. The number of nitrogens with one attached hydrogen (secondary N) is 2. The Labute approximate surface area is 138 Å². The number of rotatable bonds is 7. The first-order chi connectivity index (χ1) is 11.1. The van der Waals surface area contributed by atoms with Gasteiger partial charge in [-0.15, -0.1) is 0 Å². The molecular weight excluding hydrogens is 288 g/mol. The Kier molecular flexibility index (Phi) is 6.20. The van der Waals surface area contributed by atoms with Gasteiger partial charge in [0.1, 0.15) is 0 Å². The third-order valence-electron chi connectivity index (χ3n) is 3.79. The number of carbonyl (C=O) groups excluding carboxylic acids is 1. The molecule has 0 radical (unpaired) electrons. The molecule has 124 valence electrons. The van der Waals surface area contributed by atoms with Crippen LogP contribution in [-0.4, -0.2) is 22.1 Å². The minimum absolute atomic E-state index is 0.0306. The first kappa shape index (κ1) is 17.1. The van der Waals surface area contributed by atoms with Gasteiger partial charge in [-0.1, -0.05) is 26.0 Å². The van der Waals surface area contributed by atoms with Gasteiger partial charge in [0.05, 0.1) is 12.4 Å². The molecule has 0 unspecified atom stereocenters. The van der Waals surface area contributed by atoms with Crippen LogP contribution in [0.1, 0.15) is 45.2 Å². The maximum absolute atomic E-state index is 11.9. The quantitative estimate of drug-likeness (QED) is 0.766. The van der Waals surface area contributed by atoms with Crippen molar-refractivity contribution in [1.29, 1.82) is 0 Å². The molecule has 2 N–H and O–H groups in total. The molecule has 2 amide bonds. The normalized spacial score (nSPS) is 12.2. The Bertz CT molecular complexity index is 590. The maximum Gasteiger partial charge on any atom is 0.315 e. The van der Waals surface area contributed by atoms with Crippen molar-refractivity contribution in [2.75, 3.05) is 6.54 Å². The Hall–Kier alpha value is -2.30. The second-order valence-electron chi connectivity index (χ2n) is 6.22. The molecule has 1 aromatic heterocycles. The van der Waals surface area contributed by atoms with E-state index in [1.165, 1.54) is 0 Å². The van der Waals surface area contributed by atoms with E-state index in [9.17, 15) is 4.79 Å². The smallest absolute Gasteiger partial charge is 0.315 e. The third-order valence-corrected chi connectivity index (χ3v) is 3.79. The van der Waals surface area contributed by atoms with E-state index in [2.05, 4.69) is 29.5 Å². The van der Waals surface area contributed by atoms with Crippen LogP contribution in [0.25, 0.3) is 5.69 Å². The fraction of sp³-hybridized carbons (Fsp3) is 0.444. The molecule has 0 saturated carbocycles. The standard InChI is InChI=1S/C18H26N4O/c1-14(2)5-4-10-20-18(23)21-15(3)16-6-8-17(9-7-16)22-12-11-19-13-22/h6-9,11-15H,4-5,10H2,1-3H3,(H2,20,21,23)/t15-/m0/s1. The molecule has 2 rings (SSSR count). The predicted octanol–water partition coefficient (Wildman–Crippen LogP) is 3.67. The Morgan fingerprint density at radius 3 is 2.57 bits per heavy atom. The molecule has 2 aromatic rings. The highest BCUT2D eigenvalue weighted by atomic mass is 16.2. The lowest BCUT2D eigenvalue weighted by Gasteiger charge is -2.16. The monoisotopic (exact) mass is 314 g/mol. The van der Waals surface area contributed by atoms with Crippen molar-refractivity contribution in [3.05, 3.63) is 48.5 Å². The Balaban J connectivity index is 1.81. The molecule has 1 atom stereocenters. The number of hydrogen-bond donors (Lipinski definition) is 2. The zero-order valence-corrected chi connectivity index (χ0v) is 14.1. The van der Waals surface area contributed by atoms with Gasteiger partial charge in [0.2, 0.25) is 0 Å². The van der Waals surface area contributed by atoms with Gasteiger partial charge >= 0.3 is 6.03 Å². The Morgan fingerprint density at radius 2 is 1.96 bits per heavy atom. The molecule has 1 heterocycles. The molecule has 0 aliphatic rings. The number of hydrogen-bond acceptors (Lipinski definition) is 2. The van der Waals surface area contributed by atoms with Crippen molar-refractivity contribution in [2.24, 2.45) is 5.92 Å². The molecule has 1 aromatic carbocycles. The summed E-state index contributed by atoms with van der Waals surface area (Å²) < 4.78 is 1.95. The zero-order chi connectivity index (χ0) is 16.7. The molecule has 0 saturated heterocycles. The number of imidazole rings is 1. The van der Waals surface area contributed by atoms with Gasteiger partial charge in [0.15, 0.2) is 0 Å². The van der Waals surface area contributed by atoms with Gasteiger partial charge < -0.3 is 15.2 Å². The fourth-order valence-electron chi connectivity index (χ4n) is 2.39. The lowest BCUT2D eigenvalue weighted by Crippen LogP contribution is -2.37. The van der Waals surface area contributed by atoms with Crippen LogP contribution in [0.3, 0.4) is 0 Å². The molecule has 5 heteroatoms. The van der Waals surface area contributed by atoms with Gasteiger partial charge in [-0.3, -0.25) is 0 Å². The van der Waals surface area contributed by atoms with E-state index < -0.39 is 0 Å². The van der Waals surface area contributed by atoms with Gasteiger partial charge in [-0.05, 0) is 43.4 Å². The van der Waals surface area contributed by atoms with Crippen molar-refractivity contribution >= 4 is 6.03 Å². The third kappa shape index (κ3) is 5.43. The van der Waals surface area contributed by atoms with Crippen molar-refractivity contribution < 1.29 is 4.79 Å². The Morgan fingerprint density at radius 1 is 1.22 bits per heavy atom. The highest BCUT2D eigenvalue weighted by molar-refractivity contribution is 5.74. The molecule has 0 bridgehead atoms. The van der Waals surface area contributed by atoms with E-state index in [0.29, 0.717) is 5.92 Å². The van der Waals surface area contributed by atoms with Crippen molar-refractivity contribution in [3.63, 3.8) is 0 Å². The van der Waals surface area contributed by atoms with E-state index in [1.807, 2.05) is 42.0 Å². The first-order valence-corrected chi connectivity index (χ1v) is 8.19. The number of aromatic nitrogens is 2. The van der Waals surface area contributed by atoms with E-state index >= 15 is 0 Å². The predicted molar refractivity (Wildman–Crippen MR) is 92.6 cm³/mol. The van der Waals surface area contributed by atoms with Gasteiger partial charge in [0.25, 0.3) is 0 Å². The number of urea groups is 1. The van der Waals surface area contributed by atoms with Crippen LogP contribution in [0.2, 0.25) is 0 Å². The summed E-state index contributed by atoms with van der Waals surface area (Å²) in [5.74, 6) is 0.674. The molecule has 5 nitrogen and oxygen atoms in total. The van der Waals surface area contributed by atoms with Crippen LogP contribution in [0.5, 0.6) is 0 Å². The summed E-state index contributed by atoms with van der Waals surface area (Å²) in [6, 6.07) is 7.96. The topological polar surface area (TPSA) is 59.0 Å². The highest BCUT2D eigenvalue weighted by Gasteiger charge is 2.09. The van der Waals surface area contributed by atoms with E-state index in [0.717, 1.165) is 30.6 Å². The van der Waals surface area contributed by atoms with Crippen LogP contribution in [0.4, 0.5) is 4.79 Å². The average molecular weight is 314 g/mol. The molecule has 0 aliphatic carbocycles.